The predicted molar refractivity (Wildman–Crippen MR) is 188 cm³/mol. The Morgan fingerprint density at radius 1 is 0.941 bits per heavy atom. The number of carbonyl (C=O) groups is 2. The summed E-state index contributed by atoms with van der Waals surface area (Å²) in [6.45, 7) is -1.97. The summed E-state index contributed by atoms with van der Waals surface area (Å²) in [6.07, 6.45) is 1.69. The quantitative estimate of drug-likeness (QED) is 0.0921. The van der Waals surface area contributed by atoms with Crippen molar-refractivity contribution in [2.45, 2.75) is 94.1 Å². The van der Waals surface area contributed by atoms with Crippen LogP contribution in [0.1, 0.15) is 61.6 Å². The Morgan fingerprint density at radius 2 is 1.63 bits per heavy atom. The van der Waals surface area contributed by atoms with E-state index in [1.165, 1.54) is 0 Å². The number of nitrogens with zero attached hydrogens (tertiary/aromatic N) is 2. The van der Waals surface area contributed by atoms with Crippen LogP contribution in [0.25, 0.3) is 11.1 Å². The molecule has 6 N–H and O–H groups in total. The van der Waals surface area contributed by atoms with E-state index < -0.39 is 61.6 Å². The van der Waals surface area contributed by atoms with Gasteiger partial charge in [0.15, 0.2) is 0 Å². The zero-order valence-corrected chi connectivity index (χ0v) is 29.5. The second-order valence-corrected chi connectivity index (χ2v) is 14.0. The van der Waals surface area contributed by atoms with E-state index in [0.29, 0.717) is 29.3 Å². The van der Waals surface area contributed by atoms with Crippen LogP contribution in [0.2, 0.25) is 10.0 Å². The summed E-state index contributed by atoms with van der Waals surface area (Å²) >= 11 is 13.4. The molecule has 4 atom stereocenters. The van der Waals surface area contributed by atoms with Crippen molar-refractivity contribution in [3.05, 3.63) is 81.6 Å². The van der Waals surface area contributed by atoms with Crippen LogP contribution in [0.3, 0.4) is 0 Å². The third-order valence-corrected chi connectivity index (χ3v) is 9.93. The molecular formula is C37H44Cl2N2O10. The molecule has 0 radical (unpaired) electrons. The monoisotopic (exact) mass is 746 g/mol. The van der Waals surface area contributed by atoms with Crippen molar-refractivity contribution in [1.29, 1.82) is 0 Å². The molecule has 0 spiro atoms. The highest BCUT2D eigenvalue weighted by Gasteiger charge is 2.48. The van der Waals surface area contributed by atoms with E-state index in [0.717, 1.165) is 64.1 Å². The molecule has 1 amide bonds. The van der Waals surface area contributed by atoms with Gasteiger partial charge in [-0.3, -0.25) is 14.6 Å². The molecule has 12 nitrogen and oxygen atoms in total. The van der Waals surface area contributed by atoms with Crippen LogP contribution in [0.4, 0.5) is 0 Å². The molecule has 5 rings (SSSR count). The normalized spacial score (nSPS) is 17.3. The van der Waals surface area contributed by atoms with Crippen LogP contribution in [-0.2, 0) is 33.0 Å². The second kappa shape index (κ2) is 17.5. The number of para-hydroxylation sites is 1. The summed E-state index contributed by atoms with van der Waals surface area (Å²) in [5.41, 5.74) is 4.02. The van der Waals surface area contributed by atoms with Gasteiger partial charge in [0.1, 0.15) is 36.7 Å². The van der Waals surface area contributed by atoms with Gasteiger partial charge in [0.05, 0.1) is 24.9 Å². The fourth-order valence-corrected chi connectivity index (χ4v) is 6.49. The first-order valence-corrected chi connectivity index (χ1v) is 17.8. The Balaban J connectivity index is 1.16. The first-order chi connectivity index (χ1) is 24.4. The lowest BCUT2D eigenvalue weighted by Crippen LogP contribution is -2.51. The fourth-order valence-electron chi connectivity index (χ4n) is 5.97. The molecule has 0 aliphatic heterocycles. The van der Waals surface area contributed by atoms with Crippen molar-refractivity contribution in [2.75, 3.05) is 19.7 Å². The smallest absolute Gasteiger partial charge is 0.323 e. The van der Waals surface area contributed by atoms with Crippen LogP contribution in [0.15, 0.2) is 54.9 Å². The van der Waals surface area contributed by atoms with E-state index in [1.54, 1.807) is 18.3 Å². The highest BCUT2D eigenvalue weighted by molar-refractivity contribution is 6.34. The highest BCUT2D eigenvalue weighted by atomic mass is 35.5. The van der Waals surface area contributed by atoms with Gasteiger partial charge < -0.3 is 45.0 Å². The van der Waals surface area contributed by atoms with Crippen molar-refractivity contribution in [3.8, 4) is 16.9 Å². The van der Waals surface area contributed by atoms with Gasteiger partial charge in [-0.1, -0.05) is 41.4 Å². The summed E-state index contributed by atoms with van der Waals surface area (Å²) in [6, 6.07) is 13.6. The van der Waals surface area contributed by atoms with Crippen LogP contribution in [0, 0.1) is 0 Å². The molecule has 0 bridgehead atoms. The van der Waals surface area contributed by atoms with Gasteiger partial charge >= 0.3 is 5.97 Å². The lowest BCUT2D eigenvalue weighted by atomic mass is 9.96. The minimum atomic E-state index is -1.92. The molecule has 3 aromatic rings. The van der Waals surface area contributed by atoms with Gasteiger partial charge in [-0.15, -0.1) is 0 Å². The standard InChI is InChI=1S/C37H44Cl2N2O10/c38-28-16-23(21-50-37(12-13-37)27-17-40-14-11-25(27)26-6-2-3-7-32(26)51-24-9-10-24)29(39)15-22(28)5-1-4-8-33(45)41(19-34(46)47)18-30(43)35(48)36(49)31(44)20-42/h2-3,6-7,11,14-17,24,30-31,35-36,42-44,48-49H,1,4-5,8-10,12-13,18-21H2,(H,46,47)/t30-,31+,35+,36+/m0/s1. The lowest BCUT2D eigenvalue weighted by Gasteiger charge is -2.29. The molecule has 2 aliphatic carbocycles. The van der Waals surface area contributed by atoms with Crippen LogP contribution in [-0.4, -0.2) is 103 Å². The molecule has 2 fully saturated rings. The number of benzene rings is 2. The van der Waals surface area contributed by atoms with Crippen LogP contribution >= 0.6 is 23.2 Å². The third-order valence-electron chi connectivity index (χ3n) is 9.23. The average molecular weight is 748 g/mol. The maximum Gasteiger partial charge on any atom is 0.323 e. The third kappa shape index (κ3) is 10.2. The van der Waals surface area contributed by atoms with E-state index in [2.05, 4.69) is 11.1 Å². The van der Waals surface area contributed by atoms with Gasteiger partial charge in [0, 0.05) is 46.5 Å². The topological polar surface area (TPSA) is 190 Å². The molecule has 0 unspecified atom stereocenters. The molecule has 2 aliphatic rings. The molecule has 51 heavy (non-hydrogen) atoms. The number of hydrogen-bond acceptors (Lipinski definition) is 10. The SMILES string of the molecule is O=C(O)CN(C[C@H](O)[C@@H](O)[C@H](O)[C@H](O)CO)C(=O)CCCCc1cc(Cl)c(COC2(c3cnccc3-c3ccccc3OC3CC3)CC2)cc1Cl. The number of unbranched alkanes of at least 4 members (excludes halogenated alkanes) is 1. The van der Waals surface area contributed by atoms with Gasteiger partial charge in [0.25, 0.3) is 0 Å². The van der Waals surface area contributed by atoms with Crippen molar-refractivity contribution < 1.29 is 49.7 Å². The Labute approximate surface area is 306 Å². The second-order valence-electron chi connectivity index (χ2n) is 13.2. The van der Waals surface area contributed by atoms with E-state index >= 15 is 0 Å². The molecule has 0 saturated heterocycles. The van der Waals surface area contributed by atoms with Gasteiger partial charge in [-0.05, 0) is 85.9 Å². The summed E-state index contributed by atoms with van der Waals surface area (Å²) in [5, 5.41) is 58.9. The number of hydrogen-bond donors (Lipinski definition) is 6. The summed E-state index contributed by atoms with van der Waals surface area (Å²) in [7, 11) is 0. The Hall–Kier alpha value is -3.33. The number of aryl methyl sites for hydroxylation is 1. The maximum absolute atomic E-state index is 12.8. The molecular weight excluding hydrogens is 703 g/mol. The van der Waals surface area contributed by atoms with Gasteiger partial charge in [-0.2, -0.15) is 0 Å². The number of pyridine rings is 1. The average Bonchev–Trinajstić information content (AvgIpc) is 4.07. The van der Waals surface area contributed by atoms with E-state index in [9.17, 15) is 35.1 Å². The van der Waals surface area contributed by atoms with E-state index in [1.807, 2.05) is 30.5 Å². The minimum Gasteiger partial charge on any atom is -0.490 e. The number of carbonyl (C=O) groups excluding carboxylic acids is 1. The fraction of sp³-hybridized carbons (Fsp3) is 0.486. The number of aromatic nitrogens is 1. The molecule has 276 valence electrons. The zero-order chi connectivity index (χ0) is 36.7. The number of rotatable bonds is 20. The molecule has 14 heteroatoms. The summed E-state index contributed by atoms with van der Waals surface area (Å²) in [5.74, 6) is -1.06. The van der Waals surface area contributed by atoms with Crippen LogP contribution in [0.5, 0.6) is 5.75 Å². The molecule has 1 aromatic heterocycles. The molecule has 1 heterocycles. The first-order valence-electron chi connectivity index (χ1n) is 17.1. The van der Waals surface area contributed by atoms with Gasteiger partial charge in [0.2, 0.25) is 5.91 Å². The number of aliphatic hydroxyl groups is 5. The highest BCUT2D eigenvalue weighted by Crippen LogP contribution is 2.53. The Morgan fingerprint density at radius 3 is 2.31 bits per heavy atom. The number of carboxylic acids is 1. The van der Waals surface area contributed by atoms with E-state index in [4.69, 9.17) is 37.8 Å². The zero-order valence-electron chi connectivity index (χ0n) is 28.0. The minimum absolute atomic E-state index is 0.0508. The van der Waals surface area contributed by atoms with E-state index in [-0.39, 0.29) is 19.1 Å². The maximum atomic E-state index is 12.8. The molecule has 2 saturated carbocycles. The number of aliphatic carboxylic acids is 1. The number of amides is 1. The molecule has 2 aromatic carbocycles. The predicted octanol–water partition coefficient (Wildman–Crippen LogP) is 3.86. The largest absolute Gasteiger partial charge is 0.490 e. The summed E-state index contributed by atoms with van der Waals surface area (Å²) < 4.78 is 12.8. The Kier molecular flexibility index (Phi) is 13.3. The van der Waals surface area contributed by atoms with Crippen molar-refractivity contribution in [2.24, 2.45) is 0 Å². The van der Waals surface area contributed by atoms with Crippen molar-refractivity contribution in [3.63, 3.8) is 0 Å². The Bertz CT molecular complexity index is 1670. The van der Waals surface area contributed by atoms with Crippen molar-refractivity contribution in [1.82, 2.24) is 9.88 Å². The lowest BCUT2D eigenvalue weighted by molar-refractivity contribution is -0.149. The summed E-state index contributed by atoms with van der Waals surface area (Å²) in [4.78, 5) is 29.5. The number of ether oxygens (including phenoxy) is 2. The number of aliphatic hydroxyl groups excluding tert-OH is 5. The number of halogens is 2. The van der Waals surface area contributed by atoms with Crippen LogP contribution < -0.4 is 4.74 Å². The van der Waals surface area contributed by atoms with Gasteiger partial charge in [-0.25, -0.2) is 0 Å². The number of carboxylic acid groups (broad SMARTS) is 1. The van der Waals surface area contributed by atoms with Crippen molar-refractivity contribution >= 4 is 35.1 Å². The first kappa shape index (κ1) is 38.9.